The molecule has 2 unspecified atom stereocenters. The van der Waals surface area contributed by atoms with Crippen LogP contribution in [0.4, 0.5) is 0 Å². The van der Waals surface area contributed by atoms with E-state index in [2.05, 4.69) is 0 Å². The first-order valence-electron chi connectivity index (χ1n) is 5.32. The second kappa shape index (κ2) is 4.29. The fourth-order valence-corrected chi connectivity index (χ4v) is 3.14. The monoisotopic (exact) mass is 257 g/mol. The number of rotatable bonds is 4. The van der Waals surface area contributed by atoms with Crippen LogP contribution in [0.3, 0.4) is 0 Å². The van der Waals surface area contributed by atoms with E-state index in [4.69, 9.17) is 9.57 Å². The number of para-hydroxylation sites is 1. The van der Waals surface area contributed by atoms with Gasteiger partial charge in [0.1, 0.15) is 10.6 Å². The van der Waals surface area contributed by atoms with Gasteiger partial charge < -0.3 is 4.74 Å². The second-order valence-corrected chi connectivity index (χ2v) is 5.90. The lowest BCUT2D eigenvalue weighted by molar-refractivity contribution is 0.271. The van der Waals surface area contributed by atoms with E-state index in [0.29, 0.717) is 5.75 Å². The van der Waals surface area contributed by atoms with Crippen LogP contribution < -0.4 is 4.74 Å². The van der Waals surface area contributed by atoms with E-state index in [0.717, 1.165) is 4.47 Å². The number of hydroxylamine groups is 1. The Bertz CT molecular complexity index is 512. The minimum atomic E-state index is -3.62. The molecule has 0 aliphatic carbocycles. The average Bonchev–Trinajstić information content (AvgIpc) is 3.09. The van der Waals surface area contributed by atoms with Gasteiger partial charge in [0.25, 0.3) is 10.0 Å². The first kappa shape index (κ1) is 12.3. The molecule has 17 heavy (non-hydrogen) atoms. The summed E-state index contributed by atoms with van der Waals surface area (Å²) in [6.45, 7) is 3.81. The molecule has 1 heterocycles. The summed E-state index contributed by atoms with van der Waals surface area (Å²) in [6, 6.07) is 6.50. The summed E-state index contributed by atoms with van der Waals surface area (Å²) in [5, 5.41) is 0. The van der Waals surface area contributed by atoms with Crippen molar-refractivity contribution >= 4 is 10.0 Å². The fraction of sp³-hybridized carbons (Fsp3) is 0.455. The van der Waals surface area contributed by atoms with E-state index >= 15 is 0 Å². The van der Waals surface area contributed by atoms with E-state index in [1.807, 2.05) is 13.8 Å². The van der Waals surface area contributed by atoms with Gasteiger partial charge in [-0.3, -0.25) is 4.84 Å². The highest BCUT2D eigenvalue weighted by Crippen LogP contribution is 2.37. The molecule has 0 saturated carbocycles. The Morgan fingerprint density at radius 1 is 1.35 bits per heavy atom. The highest BCUT2D eigenvalue weighted by Gasteiger charge is 2.50. The van der Waals surface area contributed by atoms with Gasteiger partial charge >= 0.3 is 0 Å². The largest absolute Gasteiger partial charge is 0.495 e. The molecule has 1 aliphatic rings. The summed E-state index contributed by atoms with van der Waals surface area (Å²) in [4.78, 5) is 5.22. The van der Waals surface area contributed by atoms with Crippen molar-refractivity contribution in [3.05, 3.63) is 24.3 Å². The lowest BCUT2D eigenvalue weighted by Gasteiger charge is -2.08. The minimum Gasteiger partial charge on any atom is -0.495 e. The predicted molar refractivity (Wildman–Crippen MR) is 61.7 cm³/mol. The summed E-state index contributed by atoms with van der Waals surface area (Å²) in [5.74, 6) is 0.449. The SMILES string of the molecule is COc1ccccc1S(=O)(=O)N1OC1C(C)C. The third kappa shape index (κ3) is 2.15. The molecule has 1 aromatic carbocycles. The second-order valence-electron chi connectivity index (χ2n) is 4.15. The van der Waals surface area contributed by atoms with Crippen LogP contribution in [0.25, 0.3) is 0 Å². The average molecular weight is 257 g/mol. The molecule has 0 spiro atoms. The van der Waals surface area contributed by atoms with Crippen molar-refractivity contribution in [3.8, 4) is 5.75 Å². The molecular formula is C11H15NO4S. The molecule has 1 saturated heterocycles. The lowest BCUT2D eigenvalue weighted by Crippen LogP contribution is -2.17. The number of nitrogens with zero attached hydrogens (tertiary/aromatic N) is 1. The topological polar surface area (TPSA) is 58.9 Å². The maximum Gasteiger partial charge on any atom is 0.271 e. The maximum atomic E-state index is 12.2. The van der Waals surface area contributed by atoms with Crippen LogP contribution in [0.15, 0.2) is 29.2 Å². The van der Waals surface area contributed by atoms with Crippen molar-refractivity contribution in [3.63, 3.8) is 0 Å². The molecule has 0 bridgehead atoms. The van der Waals surface area contributed by atoms with Gasteiger partial charge in [0.2, 0.25) is 0 Å². The Morgan fingerprint density at radius 3 is 2.53 bits per heavy atom. The summed E-state index contributed by atoms with van der Waals surface area (Å²) in [6.07, 6.45) is -0.370. The minimum absolute atomic E-state index is 0.125. The number of benzene rings is 1. The van der Waals surface area contributed by atoms with Crippen LogP contribution in [0.2, 0.25) is 0 Å². The van der Waals surface area contributed by atoms with E-state index in [1.165, 1.54) is 13.2 Å². The first-order chi connectivity index (χ1) is 7.98. The lowest BCUT2D eigenvalue weighted by atomic mass is 10.2. The molecule has 1 aromatic rings. The molecule has 1 aliphatic heterocycles. The number of sulfonamides is 1. The Balaban J connectivity index is 2.34. The Kier molecular flexibility index (Phi) is 3.11. The third-order valence-corrected chi connectivity index (χ3v) is 4.19. The molecular weight excluding hydrogens is 242 g/mol. The molecule has 0 amide bonds. The number of methoxy groups -OCH3 is 1. The highest BCUT2D eigenvalue weighted by atomic mass is 32.2. The molecule has 2 rings (SSSR count). The zero-order valence-corrected chi connectivity index (χ0v) is 10.8. The molecule has 0 N–H and O–H groups in total. The third-order valence-electron chi connectivity index (χ3n) is 2.53. The summed E-state index contributed by atoms with van der Waals surface area (Å²) < 4.78 is 30.5. The summed E-state index contributed by atoms with van der Waals surface area (Å²) in [7, 11) is -2.17. The molecule has 0 aromatic heterocycles. The van der Waals surface area contributed by atoms with E-state index in [1.54, 1.807) is 18.2 Å². The van der Waals surface area contributed by atoms with Crippen LogP contribution in [0.5, 0.6) is 5.75 Å². The van der Waals surface area contributed by atoms with Crippen molar-refractivity contribution in [1.29, 1.82) is 0 Å². The van der Waals surface area contributed by atoms with Gasteiger partial charge in [-0.05, 0) is 22.5 Å². The Morgan fingerprint density at radius 2 is 2.00 bits per heavy atom. The smallest absolute Gasteiger partial charge is 0.271 e. The molecule has 0 radical (unpaired) electrons. The molecule has 1 fully saturated rings. The summed E-state index contributed by atoms with van der Waals surface area (Å²) in [5.41, 5.74) is 0. The number of ether oxygens (including phenoxy) is 1. The predicted octanol–water partition coefficient (Wildman–Crippen LogP) is 1.61. The zero-order chi connectivity index (χ0) is 12.6. The van der Waals surface area contributed by atoms with E-state index in [-0.39, 0.29) is 17.0 Å². The Labute approximate surface area is 101 Å². The Hall–Kier alpha value is -1.11. The fourth-order valence-electron chi connectivity index (χ4n) is 1.57. The maximum absolute atomic E-state index is 12.2. The van der Waals surface area contributed by atoms with Crippen LogP contribution in [0.1, 0.15) is 13.8 Å². The molecule has 5 nitrogen and oxygen atoms in total. The van der Waals surface area contributed by atoms with Crippen molar-refractivity contribution in [2.24, 2.45) is 5.92 Å². The van der Waals surface area contributed by atoms with Gasteiger partial charge in [0, 0.05) is 0 Å². The van der Waals surface area contributed by atoms with E-state index < -0.39 is 10.0 Å². The van der Waals surface area contributed by atoms with Gasteiger partial charge in [-0.2, -0.15) is 0 Å². The van der Waals surface area contributed by atoms with Crippen molar-refractivity contribution in [2.75, 3.05) is 7.11 Å². The van der Waals surface area contributed by atoms with Crippen LogP contribution >= 0.6 is 0 Å². The van der Waals surface area contributed by atoms with Crippen LogP contribution in [-0.4, -0.2) is 26.2 Å². The highest BCUT2D eigenvalue weighted by molar-refractivity contribution is 7.89. The molecule has 2 atom stereocenters. The van der Waals surface area contributed by atoms with Gasteiger partial charge in [-0.15, -0.1) is 0 Å². The van der Waals surface area contributed by atoms with Crippen LogP contribution in [0, 0.1) is 5.92 Å². The zero-order valence-electron chi connectivity index (χ0n) is 9.95. The van der Waals surface area contributed by atoms with Crippen molar-refractivity contribution in [2.45, 2.75) is 25.0 Å². The van der Waals surface area contributed by atoms with Crippen molar-refractivity contribution in [1.82, 2.24) is 4.47 Å². The van der Waals surface area contributed by atoms with Gasteiger partial charge in [0.05, 0.1) is 7.11 Å². The quantitative estimate of drug-likeness (QED) is 0.769. The van der Waals surface area contributed by atoms with Crippen molar-refractivity contribution < 1.29 is 18.0 Å². The summed E-state index contributed by atoms with van der Waals surface area (Å²) >= 11 is 0. The van der Waals surface area contributed by atoms with E-state index in [9.17, 15) is 8.42 Å². The van der Waals surface area contributed by atoms with Gasteiger partial charge in [-0.1, -0.05) is 26.0 Å². The molecule has 94 valence electrons. The normalized spacial score (nSPS) is 23.8. The molecule has 6 heteroatoms. The number of hydrogen-bond acceptors (Lipinski definition) is 4. The standard InChI is InChI=1S/C11H15NO4S/c1-8(2)11-12(16-11)17(13,14)10-7-5-4-6-9(10)15-3/h4-8,11H,1-3H3. The van der Waals surface area contributed by atoms with Gasteiger partial charge in [-0.25, -0.2) is 8.42 Å². The number of hydrogen-bond donors (Lipinski definition) is 0. The van der Waals surface area contributed by atoms with Crippen LogP contribution in [-0.2, 0) is 14.9 Å². The van der Waals surface area contributed by atoms with Gasteiger partial charge in [0.15, 0.2) is 6.23 Å². The first-order valence-corrected chi connectivity index (χ1v) is 6.76.